The molecule has 5 aromatic rings. The van der Waals surface area contributed by atoms with E-state index in [1.54, 1.807) is 6.33 Å². The predicted octanol–water partition coefficient (Wildman–Crippen LogP) is 5.87. The average molecular weight is 774 g/mol. The van der Waals surface area contributed by atoms with Gasteiger partial charge < -0.3 is 19.5 Å². The van der Waals surface area contributed by atoms with Crippen LogP contribution in [-0.2, 0) is 20.9 Å². The Bertz CT molecular complexity index is 2290. The number of ether oxygens (including phenoxy) is 1. The van der Waals surface area contributed by atoms with Crippen LogP contribution in [0.25, 0.3) is 16.8 Å². The van der Waals surface area contributed by atoms with Gasteiger partial charge >= 0.3 is 12.1 Å². The molecule has 1 aliphatic carbocycles. The zero-order valence-electron chi connectivity index (χ0n) is 32.6. The van der Waals surface area contributed by atoms with Crippen molar-refractivity contribution < 1.29 is 28.4 Å². The van der Waals surface area contributed by atoms with Crippen molar-refractivity contribution in [2.45, 2.75) is 89.8 Å². The maximum atomic E-state index is 13.1. The van der Waals surface area contributed by atoms with Crippen molar-refractivity contribution in [1.82, 2.24) is 39.9 Å². The Kier molecular flexibility index (Phi) is 10.3. The summed E-state index contributed by atoms with van der Waals surface area (Å²) in [5.74, 6) is -0.154. The van der Waals surface area contributed by atoms with E-state index in [4.69, 9.17) is 9.72 Å². The smallest absolute Gasteiger partial charge is 0.374 e. The number of hydrogen-bond acceptors (Lipinski definition) is 12. The van der Waals surface area contributed by atoms with Crippen molar-refractivity contribution in [3.63, 3.8) is 0 Å². The highest BCUT2D eigenvalue weighted by atomic mass is 16.6. The zero-order chi connectivity index (χ0) is 39.8. The van der Waals surface area contributed by atoms with Crippen LogP contribution in [0.2, 0.25) is 0 Å². The van der Waals surface area contributed by atoms with Crippen LogP contribution >= 0.6 is 0 Å². The molecule has 1 saturated carbocycles. The number of anilines is 1. The van der Waals surface area contributed by atoms with Gasteiger partial charge in [-0.1, -0.05) is 29.4 Å². The maximum Gasteiger partial charge on any atom is 0.418 e. The van der Waals surface area contributed by atoms with Gasteiger partial charge in [-0.2, -0.15) is 10.1 Å². The molecule has 3 fully saturated rings. The molecule has 0 bridgehead atoms. The highest BCUT2D eigenvalue weighted by Gasteiger charge is 2.41. The lowest BCUT2D eigenvalue weighted by Crippen LogP contribution is -2.47. The Morgan fingerprint density at radius 3 is 2.51 bits per heavy atom. The fourth-order valence-electron chi connectivity index (χ4n) is 8.10. The number of likely N-dealkylation sites (tertiary alicyclic amines) is 1. The first-order valence-corrected chi connectivity index (χ1v) is 19.6. The highest BCUT2D eigenvalue weighted by Crippen LogP contribution is 2.49. The van der Waals surface area contributed by atoms with Gasteiger partial charge in [0.1, 0.15) is 12.4 Å². The molecular weight excluding hydrogens is 727 g/mol. The summed E-state index contributed by atoms with van der Waals surface area (Å²) in [7, 11) is 0. The van der Waals surface area contributed by atoms with Crippen LogP contribution in [0.15, 0.2) is 72.0 Å². The second kappa shape index (κ2) is 15.5. The van der Waals surface area contributed by atoms with Gasteiger partial charge in [-0.3, -0.25) is 19.8 Å². The number of carbonyl (C=O) groups excluding carboxylic acids is 4. The molecule has 5 heterocycles. The standard InChI is InChI=1S/C42H47N9O6/c1-25-17-28(5-6-29(25)21-50(42(2,3)4)41(55)57-40(54)38-44-24-56-48-38)37-35-19-31(22-51(35)45-23-43-37)33-18-30(33)20-49-15-13-27(14-16-49)26-7-9-32(10-8-26)46-34-11-12-36(52)47-39(34)53/h5-10,17,19,22-24,27,30,33-34,46H,11-16,18,20-21H2,1-4H3,(H,47,52,53). The van der Waals surface area contributed by atoms with E-state index >= 15 is 0 Å². The van der Waals surface area contributed by atoms with Gasteiger partial charge in [-0.15, -0.1) is 0 Å². The van der Waals surface area contributed by atoms with Crippen LogP contribution in [0.4, 0.5) is 10.5 Å². The van der Waals surface area contributed by atoms with Gasteiger partial charge in [0, 0.05) is 42.5 Å². The lowest BCUT2D eigenvalue weighted by Gasteiger charge is -2.34. The predicted molar refractivity (Wildman–Crippen MR) is 209 cm³/mol. The lowest BCUT2D eigenvalue weighted by molar-refractivity contribution is -0.133. The molecule has 2 saturated heterocycles. The third-order valence-electron chi connectivity index (χ3n) is 11.5. The number of piperidine rings is 2. The summed E-state index contributed by atoms with van der Waals surface area (Å²) >= 11 is 0. The first kappa shape index (κ1) is 37.9. The first-order valence-electron chi connectivity index (χ1n) is 19.6. The monoisotopic (exact) mass is 773 g/mol. The molecule has 3 atom stereocenters. The summed E-state index contributed by atoms with van der Waals surface area (Å²) in [4.78, 5) is 61.6. The summed E-state index contributed by atoms with van der Waals surface area (Å²) in [6.07, 6.45) is 8.18. The molecule has 3 unspecified atom stereocenters. The van der Waals surface area contributed by atoms with Crippen LogP contribution in [0.1, 0.15) is 97.6 Å². The second-order valence-corrected chi connectivity index (χ2v) is 16.5. The second-order valence-electron chi connectivity index (χ2n) is 16.5. The van der Waals surface area contributed by atoms with Crippen molar-refractivity contribution in [3.8, 4) is 11.3 Å². The molecule has 15 heteroatoms. The van der Waals surface area contributed by atoms with Crippen molar-refractivity contribution in [3.05, 3.63) is 95.5 Å². The number of nitrogens with one attached hydrogen (secondary N) is 2. The van der Waals surface area contributed by atoms with Gasteiger partial charge in [-0.05, 0) is 131 Å². The van der Waals surface area contributed by atoms with E-state index in [1.165, 1.54) is 16.0 Å². The van der Waals surface area contributed by atoms with Crippen LogP contribution < -0.4 is 10.6 Å². The number of nitrogens with zero attached hydrogens (tertiary/aromatic N) is 7. The van der Waals surface area contributed by atoms with Gasteiger partial charge in [0.15, 0.2) is 0 Å². The molecular formula is C42H47N9O6. The fourth-order valence-corrected chi connectivity index (χ4v) is 8.10. The Labute approximate surface area is 330 Å². The molecule has 8 rings (SSSR count). The number of esters is 1. The van der Waals surface area contributed by atoms with E-state index < -0.39 is 17.6 Å². The zero-order valence-corrected chi connectivity index (χ0v) is 32.6. The molecule has 57 heavy (non-hydrogen) atoms. The number of benzene rings is 2. The summed E-state index contributed by atoms with van der Waals surface area (Å²) in [6, 6.07) is 16.3. The van der Waals surface area contributed by atoms with Crippen molar-refractivity contribution in [1.29, 1.82) is 0 Å². The quantitative estimate of drug-likeness (QED) is 0.0983. The van der Waals surface area contributed by atoms with E-state index in [0.717, 1.165) is 78.9 Å². The van der Waals surface area contributed by atoms with E-state index in [2.05, 4.69) is 65.8 Å². The topological polar surface area (TPSA) is 177 Å². The molecule has 3 amide bonds. The van der Waals surface area contributed by atoms with E-state index in [0.29, 0.717) is 30.6 Å². The third-order valence-corrected chi connectivity index (χ3v) is 11.5. The number of aromatic nitrogens is 5. The minimum Gasteiger partial charge on any atom is -0.374 e. The average Bonchev–Trinajstić information content (AvgIpc) is 3.51. The van der Waals surface area contributed by atoms with Crippen LogP contribution in [0, 0.1) is 12.8 Å². The normalized spacial score (nSPS) is 20.3. The van der Waals surface area contributed by atoms with Crippen molar-refractivity contribution >= 4 is 35.1 Å². The minimum atomic E-state index is -0.976. The molecule has 3 aliphatic rings. The molecule has 15 nitrogen and oxygen atoms in total. The number of fused-ring (bicyclic) bond motifs is 1. The van der Waals surface area contributed by atoms with Crippen LogP contribution in [-0.4, -0.2) is 89.6 Å². The highest BCUT2D eigenvalue weighted by molar-refractivity contribution is 6.01. The third kappa shape index (κ3) is 8.43. The van der Waals surface area contributed by atoms with Gasteiger partial charge in [0.05, 0.1) is 11.2 Å². The Balaban J connectivity index is 0.864. The number of aryl methyl sites for hydroxylation is 1. The first-order chi connectivity index (χ1) is 27.4. The van der Waals surface area contributed by atoms with Crippen molar-refractivity contribution in [2.24, 2.45) is 5.92 Å². The van der Waals surface area contributed by atoms with Crippen LogP contribution in [0.5, 0.6) is 0 Å². The Hall–Kier alpha value is -5.96. The largest absolute Gasteiger partial charge is 0.418 e. The molecule has 2 aliphatic heterocycles. The van der Waals surface area contributed by atoms with E-state index in [9.17, 15) is 19.2 Å². The van der Waals surface area contributed by atoms with Crippen LogP contribution in [0.3, 0.4) is 0 Å². The molecule has 0 spiro atoms. The minimum absolute atomic E-state index is 0.208. The fraction of sp³-hybridized carbons (Fsp3) is 0.429. The summed E-state index contributed by atoms with van der Waals surface area (Å²) in [6.45, 7) is 11.1. The van der Waals surface area contributed by atoms with Gasteiger partial charge in [0.2, 0.25) is 18.2 Å². The molecule has 296 valence electrons. The Morgan fingerprint density at radius 2 is 1.81 bits per heavy atom. The van der Waals surface area contributed by atoms with Gasteiger partial charge in [0.25, 0.3) is 5.82 Å². The Morgan fingerprint density at radius 1 is 1.02 bits per heavy atom. The number of hydrogen-bond donors (Lipinski definition) is 2. The summed E-state index contributed by atoms with van der Waals surface area (Å²) < 4.78 is 11.6. The molecule has 0 radical (unpaired) electrons. The lowest BCUT2D eigenvalue weighted by atomic mass is 9.89. The summed E-state index contributed by atoms with van der Waals surface area (Å²) in [5.41, 5.74) is 7.46. The van der Waals surface area contributed by atoms with Gasteiger partial charge in [-0.25, -0.2) is 19.1 Å². The molecule has 3 aromatic heterocycles. The SMILES string of the molecule is Cc1cc(-c2ncnn3cc(C4CC4CN4CCC(c5ccc(NC6CCC(=O)NC6=O)cc5)CC4)cc23)ccc1CN(C(=O)OC(=O)c1ncon1)C(C)(C)C. The molecule has 2 aromatic carbocycles. The van der Waals surface area contributed by atoms with Crippen molar-refractivity contribution in [2.75, 3.05) is 25.0 Å². The van der Waals surface area contributed by atoms with E-state index in [1.807, 2.05) is 56.5 Å². The molecule has 2 N–H and O–H groups in total. The number of imide groups is 1. The number of amides is 3. The summed E-state index contributed by atoms with van der Waals surface area (Å²) in [5, 5.41) is 13.7. The van der Waals surface area contributed by atoms with E-state index in [-0.39, 0.29) is 30.2 Å². The number of rotatable bonds is 10. The maximum absolute atomic E-state index is 13.1. The number of carbonyl (C=O) groups is 4.